The van der Waals surface area contributed by atoms with Crippen LogP contribution in [-0.2, 0) is 21.2 Å². The fourth-order valence-electron chi connectivity index (χ4n) is 3.29. The van der Waals surface area contributed by atoms with Crippen LogP contribution in [0, 0.1) is 5.92 Å². The van der Waals surface area contributed by atoms with Gasteiger partial charge in [-0.1, -0.05) is 24.3 Å². The Morgan fingerprint density at radius 3 is 2.52 bits per heavy atom. The Morgan fingerprint density at radius 2 is 1.85 bits per heavy atom. The zero-order chi connectivity index (χ0) is 19.1. The maximum Gasteiger partial charge on any atom is 0.221 e. The molecule has 1 aromatic heterocycles. The van der Waals surface area contributed by atoms with Gasteiger partial charge < -0.3 is 5.32 Å². The molecule has 1 amide bonds. The van der Waals surface area contributed by atoms with Crippen LogP contribution in [0.4, 0.5) is 0 Å². The molecule has 0 saturated carbocycles. The topological polar surface area (TPSA) is 66.5 Å². The Morgan fingerprint density at radius 1 is 1.11 bits per heavy atom. The molecule has 1 aromatic carbocycles. The van der Waals surface area contributed by atoms with Gasteiger partial charge in [0.2, 0.25) is 5.91 Å². The number of sulfone groups is 1. The minimum absolute atomic E-state index is 0.00838. The van der Waals surface area contributed by atoms with Crippen molar-refractivity contribution in [1.82, 2.24) is 10.2 Å². The first-order chi connectivity index (χ1) is 13.0. The van der Waals surface area contributed by atoms with E-state index in [9.17, 15) is 13.2 Å². The summed E-state index contributed by atoms with van der Waals surface area (Å²) in [6.07, 6.45) is 2.14. The molecule has 146 valence electrons. The normalized spacial score (nSPS) is 16.3. The van der Waals surface area contributed by atoms with Crippen molar-refractivity contribution in [3.63, 3.8) is 0 Å². The SMILES string of the molecule is O=C(CCS(=O)(=O)c1ccccc1)NCC1CCN(Cc2cccs2)CC1. The van der Waals surface area contributed by atoms with Gasteiger partial charge in [0.1, 0.15) is 0 Å². The van der Waals surface area contributed by atoms with Crippen LogP contribution < -0.4 is 5.32 Å². The Hall–Kier alpha value is -1.70. The summed E-state index contributed by atoms with van der Waals surface area (Å²) in [5.41, 5.74) is 0. The van der Waals surface area contributed by atoms with E-state index < -0.39 is 9.84 Å². The van der Waals surface area contributed by atoms with Crippen LogP contribution in [0.15, 0.2) is 52.7 Å². The molecule has 1 N–H and O–H groups in total. The number of hydrogen-bond donors (Lipinski definition) is 1. The molecule has 5 nitrogen and oxygen atoms in total. The molecular weight excluding hydrogens is 380 g/mol. The van der Waals surface area contributed by atoms with Crippen LogP contribution in [0.1, 0.15) is 24.1 Å². The second kappa shape index (κ2) is 9.48. The highest BCUT2D eigenvalue weighted by molar-refractivity contribution is 7.91. The largest absolute Gasteiger partial charge is 0.356 e. The molecule has 0 unspecified atom stereocenters. The number of nitrogens with zero attached hydrogens (tertiary/aromatic N) is 1. The summed E-state index contributed by atoms with van der Waals surface area (Å²) in [6, 6.07) is 12.5. The van der Waals surface area contributed by atoms with Gasteiger partial charge in [-0.05, 0) is 55.4 Å². The van der Waals surface area contributed by atoms with Crippen molar-refractivity contribution in [2.24, 2.45) is 5.92 Å². The summed E-state index contributed by atoms with van der Waals surface area (Å²) in [5.74, 6) is 0.136. The van der Waals surface area contributed by atoms with E-state index in [0.29, 0.717) is 12.5 Å². The molecule has 3 rings (SSSR count). The van der Waals surface area contributed by atoms with Gasteiger partial charge in [-0.2, -0.15) is 0 Å². The number of likely N-dealkylation sites (tertiary alicyclic amines) is 1. The lowest BCUT2D eigenvalue weighted by Crippen LogP contribution is -2.38. The van der Waals surface area contributed by atoms with Crippen molar-refractivity contribution >= 4 is 27.1 Å². The average molecular weight is 407 g/mol. The summed E-state index contributed by atoms with van der Waals surface area (Å²) in [6.45, 7) is 3.73. The van der Waals surface area contributed by atoms with E-state index >= 15 is 0 Å². The van der Waals surface area contributed by atoms with E-state index in [1.807, 2.05) is 0 Å². The Bertz CT molecular complexity index is 812. The zero-order valence-corrected chi connectivity index (χ0v) is 17.0. The molecule has 0 radical (unpaired) electrons. The maximum atomic E-state index is 12.2. The predicted octanol–water partition coefficient (Wildman–Crippen LogP) is 2.94. The smallest absolute Gasteiger partial charge is 0.221 e. The van der Waals surface area contributed by atoms with E-state index in [1.165, 1.54) is 4.88 Å². The lowest BCUT2D eigenvalue weighted by molar-refractivity contribution is -0.120. The van der Waals surface area contributed by atoms with Gasteiger partial charge in [0.05, 0.1) is 10.6 Å². The van der Waals surface area contributed by atoms with Gasteiger partial charge in [0.15, 0.2) is 9.84 Å². The minimum Gasteiger partial charge on any atom is -0.356 e. The fourth-order valence-corrected chi connectivity index (χ4v) is 5.30. The molecule has 0 atom stereocenters. The number of thiophene rings is 1. The number of carbonyl (C=O) groups is 1. The van der Waals surface area contributed by atoms with Crippen molar-refractivity contribution in [2.45, 2.75) is 30.7 Å². The van der Waals surface area contributed by atoms with Gasteiger partial charge in [-0.3, -0.25) is 9.69 Å². The summed E-state index contributed by atoms with van der Waals surface area (Å²) in [4.78, 5) is 16.2. The van der Waals surface area contributed by atoms with Gasteiger partial charge in [-0.25, -0.2) is 8.42 Å². The van der Waals surface area contributed by atoms with Crippen LogP contribution in [0.3, 0.4) is 0 Å². The van der Waals surface area contributed by atoms with Crippen LogP contribution in [0.25, 0.3) is 0 Å². The molecule has 0 bridgehead atoms. The van der Waals surface area contributed by atoms with Crippen LogP contribution in [0.2, 0.25) is 0 Å². The number of carbonyl (C=O) groups excluding carboxylic acids is 1. The summed E-state index contributed by atoms with van der Waals surface area (Å²) in [7, 11) is -3.40. The third-order valence-electron chi connectivity index (χ3n) is 4.95. The summed E-state index contributed by atoms with van der Waals surface area (Å²) < 4.78 is 24.4. The molecule has 7 heteroatoms. The Labute approximate surface area is 165 Å². The zero-order valence-electron chi connectivity index (χ0n) is 15.3. The summed E-state index contributed by atoms with van der Waals surface area (Å²) in [5, 5.41) is 5.02. The number of nitrogens with one attached hydrogen (secondary N) is 1. The van der Waals surface area contributed by atoms with Crippen molar-refractivity contribution < 1.29 is 13.2 Å². The number of rotatable bonds is 8. The Balaban J connectivity index is 1.35. The lowest BCUT2D eigenvalue weighted by atomic mass is 9.96. The van der Waals surface area contributed by atoms with E-state index in [-0.39, 0.29) is 23.0 Å². The maximum absolute atomic E-state index is 12.2. The highest BCUT2D eigenvalue weighted by Crippen LogP contribution is 2.20. The van der Waals surface area contributed by atoms with Crippen molar-refractivity contribution in [3.05, 3.63) is 52.7 Å². The molecule has 0 aliphatic carbocycles. The molecule has 2 aromatic rings. The highest BCUT2D eigenvalue weighted by atomic mass is 32.2. The minimum atomic E-state index is -3.40. The first-order valence-electron chi connectivity index (χ1n) is 9.32. The average Bonchev–Trinajstić information content (AvgIpc) is 3.20. The Kier molecular flexibility index (Phi) is 7.04. The number of piperidine rings is 1. The monoisotopic (exact) mass is 406 g/mol. The van der Waals surface area contributed by atoms with E-state index in [2.05, 4.69) is 27.7 Å². The third kappa shape index (κ3) is 6.16. The molecule has 0 spiro atoms. The van der Waals surface area contributed by atoms with E-state index in [1.54, 1.807) is 41.7 Å². The number of hydrogen-bond acceptors (Lipinski definition) is 5. The number of benzene rings is 1. The van der Waals surface area contributed by atoms with E-state index in [4.69, 9.17) is 0 Å². The number of amides is 1. The predicted molar refractivity (Wildman–Crippen MR) is 108 cm³/mol. The first-order valence-corrected chi connectivity index (χ1v) is 11.9. The fraction of sp³-hybridized carbons (Fsp3) is 0.450. The second-order valence-electron chi connectivity index (χ2n) is 6.98. The van der Waals surface area contributed by atoms with Gasteiger partial charge in [-0.15, -0.1) is 11.3 Å². The molecule has 1 fully saturated rings. The first kappa shape index (κ1) is 20.0. The van der Waals surface area contributed by atoms with Crippen molar-refractivity contribution in [2.75, 3.05) is 25.4 Å². The van der Waals surface area contributed by atoms with Gasteiger partial charge in [0.25, 0.3) is 0 Å². The van der Waals surface area contributed by atoms with Crippen molar-refractivity contribution in [3.8, 4) is 0 Å². The molecule has 1 saturated heterocycles. The molecular formula is C20H26N2O3S2. The molecule has 1 aliphatic heterocycles. The van der Waals surface area contributed by atoms with Crippen LogP contribution >= 0.6 is 11.3 Å². The van der Waals surface area contributed by atoms with Crippen molar-refractivity contribution in [1.29, 1.82) is 0 Å². The van der Waals surface area contributed by atoms with Gasteiger partial charge >= 0.3 is 0 Å². The van der Waals surface area contributed by atoms with Crippen LogP contribution in [-0.4, -0.2) is 44.6 Å². The summed E-state index contributed by atoms with van der Waals surface area (Å²) >= 11 is 1.79. The standard InChI is InChI=1S/C20H26N2O3S2/c23-20(10-14-27(24,25)19-6-2-1-3-7-19)21-15-17-8-11-22(12-9-17)16-18-5-4-13-26-18/h1-7,13,17H,8-12,14-16H2,(H,21,23). The molecule has 1 aliphatic rings. The second-order valence-corrected chi connectivity index (χ2v) is 10.1. The molecule has 27 heavy (non-hydrogen) atoms. The quantitative estimate of drug-likeness (QED) is 0.732. The molecule has 2 heterocycles. The highest BCUT2D eigenvalue weighted by Gasteiger charge is 2.21. The van der Waals surface area contributed by atoms with Gasteiger partial charge in [0, 0.05) is 24.4 Å². The van der Waals surface area contributed by atoms with E-state index in [0.717, 1.165) is 32.5 Å². The third-order valence-corrected chi connectivity index (χ3v) is 7.55. The lowest BCUT2D eigenvalue weighted by Gasteiger charge is -2.31. The van der Waals surface area contributed by atoms with Crippen LogP contribution in [0.5, 0.6) is 0 Å².